The van der Waals surface area contributed by atoms with Gasteiger partial charge in [-0.15, -0.1) is 0 Å². The number of hydrazone groups is 2. The van der Waals surface area contributed by atoms with E-state index in [0.29, 0.717) is 15.9 Å². The minimum Gasteiger partial charge on any atom is -0.364 e. The van der Waals surface area contributed by atoms with Crippen LogP contribution in [0.15, 0.2) is 64.8 Å². The minimum atomic E-state index is 0.413. The van der Waals surface area contributed by atoms with Gasteiger partial charge in [-0.2, -0.15) is 10.2 Å². The maximum Gasteiger partial charge on any atom is 0.186 e. The van der Waals surface area contributed by atoms with Crippen LogP contribution in [-0.4, -0.2) is 36.2 Å². The monoisotopic (exact) mass is 384 g/mol. The fourth-order valence-corrected chi connectivity index (χ4v) is 2.11. The highest BCUT2D eigenvalue weighted by molar-refractivity contribution is 7.80. The molecule has 0 aromatic heterocycles. The van der Waals surface area contributed by atoms with Gasteiger partial charge in [0, 0.05) is 19.7 Å². The SMILES string of the molecule is CNC(=S)N/N=C/C(=N/NC(=S)NC)c1ccc(-c2ccccc2)cc1. The Morgan fingerprint density at radius 2 is 1.38 bits per heavy atom. The van der Waals surface area contributed by atoms with Gasteiger partial charge in [0.05, 0.1) is 6.21 Å². The molecule has 2 rings (SSSR count). The Morgan fingerprint density at radius 3 is 2.00 bits per heavy atom. The van der Waals surface area contributed by atoms with E-state index in [-0.39, 0.29) is 0 Å². The molecule has 0 unspecified atom stereocenters. The summed E-state index contributed by atoms with van der Waals surface area (Å²) in [5.74, 6) is 0. The van der Waals surface area contributed by atoms with E-state index in [0.717, 1.165) is 16.7 Å². The molecule has 134 valence electrons. The first-order valence-electron chi connectivity index (χ1n) is 7.86. The van der Waals surface area contributed by atoms with Gasteiger partial charge in [-0.25, -0.2) is 0 Å². The van der Waals surface area contributed by atoms with E-state index in [4.69, 9.17) is 24.4 Å². The molecule has 2 aromatic rings. The number of nitrogens with zero attached hydrogens (tertiary/aromatic N) is 2. The largest absolute Gasteiger partial charge is 0.364 e. The van der Waals surface area contributed by atoms with E-state index >= 15 is 0 Å². The molecular formula is C18H20N6S2. The molecule has 0 heterocycles. The number of nitrogens with one attached hydrogen (secondary N) is 4. The lowest BCUT2D eigenvalue weighted by molar-refractivity contribution is 0.972. The molecule has 0 saturated carbocycles. The van der Waals surface area contributed by atoms with Crippen molar-refractivity contribution in [1.82, 2.24) is 21.5 Å². The van der Waals surface area contributed by atoms with Gasteiger partial charge in [-0.1, -0.05) is 54.6 Å². The predicted octanol–water partition coefficient (Wildman–Crippen LogP) is 2.23. The Kier molecular flexibility index (Phi) is 7.66. The van der Waals surface area contributed by atoms with Gasteiger partial charge in [0.15, 0.2) is 10.2 Å². The molecule has 0 radical (unpaired) electrons. The number of thiocarbonyl (C=S) groups is 2. The lowest BCUT2D eigenvalue weighted by Crippen LogP contribution is -2.30. The lowest BCUT2D eigenvalue weighted by atomic mass is 10.0. The summed E-state index contributed by atoms with van der Waals surface area (Å²) in [5.41, 5.74) is 9.24. The van der Waals surface area contributed by atoms with Crippen molar-refractivity contribution >= 4 is 46.6 Å². The summed E-state index contributed by atoms with van der Waals surface area (Å²) in [7, 11) is 3.44. The molecule has 0 aliphatic heterocycles. The lowest BCUT2D eigenvalue weighted by Gasteiger charge is -2.07. The van der Waals surface area contributed by atoms with Crippen LogP contribution in [0.5, 0.6) is 0 Å². The van der Waals surface area contributed by atoms with Crippen molar-refractivity contribution in [3.63, 3.8) is 0 Å². The van der Waals surface area contributed by atoms with Gasteiger partial charge in [-0.05, 0) is 35.6 Å². The van der Waals surface area contributed by atoms with Crippen LogP contribution in [-0.2, 0) is 0 Å². The van der Waals surface area contributed by atoms with Crippen molar-refractivity contribution in [1.29, 1.82) is 0 Å². The summed E-state index contributed by atoms with van der Waals surface area (Å²) in [4.78, 5) is 0. The topological polar surface area (TPSA) is 72.8 Å². The van der Waals surface area contributed by atoms with Crippen LogP contribution < -0.4 is 21.5 Å². The zero-order valence-corrected chi connectivity index (χ0v) is 16.1. The van der Waals surface area contributed by atoms with Gasteiger partial charge >= 0.3 is 0 Å². The second-order valence-corrected chi connectivity index (χ2v) is 5.90. The Morgan fingerprint density at radius 1 is 0.808 bits per heavy atom. The fourth-order valence-electron chi connectivity index (χ4n) is 2.01. The predicted molar refractivity (Wildman–Crippen MR) is 116 cm³/mol. The number of rotatable bonds is 5. The van der Waals surface area contributed by atoms with E-state index in [1.807, 2.05) is 42.5 Å². The summed E-state index contributed by atoms with van der Waals surface area (Å²) in [5, 5.41) is 14.8. The quantitative estimate of drug-likeness (QED) is 0.360. The molecule has 0 spiro atoms. The van der Waals surface area contributed by atoms with Gasteiger partial charge in [-0.3, -0.25) is 10.9 Å². The van der Waals surface area contributed by atoms with Crippen molar-refractivity contribution in [3.05, 3.63) is 60.2 Å². The molecule has 0 amide bonds. The number of hydrogen-bond acceptors (Lipinski definition) is 4. The average molecular weight is 385 g/mol. The normalized spacial score (nSPS) is 11.1. The highest BCUT2D eigenvalue weighted by atomic mass is 32.1. The smallest absolute Gasteiger partial charge is 0.186 e. The van der Waals surface area contributed by atoms with Gasteiger partial charge in [0.25, 0.3) is 0 Å². The first-order valence-corrected chi connectivity index (χ1v) is 8.67. The van der Waals surface area contributed by atoms with E-state index in [1.165, 1.54) is 0 Å². The number of benzene rings is 2. The van der Waals surface area contributed by atoms with Crippen LogP contribution in [0.1, 0.15) is 5.56 Å². The van der Waals surface area contributed by atoms with E-state index in [2.05, 4.69) is 43.8 Å². The fraction of sp³-hybridized carbons (Fsp3) is 0.111. The average Bonchev–Trinajstić information content (AvgIpc) is 2.70. The summed E-state index contributed by atoms with van der Waals surface area (Å²) >= 11 is 10.1. The van der Waals surface area contributed by atoms with Crippen molar-refractivity contribution in [3.8, 4) is 11.1 Å². The van der Waals surface area contributed by atoms with Crippen molar-refractivity contribution in [2.45, 2.75) is 0 Å². The third-order valence-corrected chi connectivity index (χ3v) is 3.96. The van der Waals surface area contributed by atoms with Crippen LogP contribution in [0.25, 0.3) is 11.1 Å². The molecule has 4 N–H and O–H groups in total. The van der Waals surface area contributed by atoms with Crippen LogP contribution >= 0.6 is 24.4 Å². The van der Waals surface area contributed by atoms with Crippen molar-refractivity contribution < 1.29 is 0 Å². The highest BCUT2D eigenvalue weighted by Crippen LogP contribution is 2.19. The molecule has 2 aromatic carbocycles. The van der Waals surface area contributed by atoms with E-state index in [9.17, 15) is 0 Å². The molecule has 6 nitrogen and oxygen atoms in total. The molecule has 0 atom stereocenters. The second-order valence-electron chi connectivity index (χ2n) is 5.08. The summed E-state index contributed by atoms with van der Waals surface area (Å²) in [6, 6.07) is 18.2. The highest BCUT2D eigenvalue weighted by Gasteiger charge is 2.04. The molecule has 26 heavy (non-hydrogen) atoms. The molecule has 0 aliphatic rings. The standard InChI is InChI=1S/C18H20N6S2/c1-19-17(25)23-21-12-16(22-24-18(26)20-2)15-10-8-14(9-11-15)13-6-4-3-5-7-13/h3-12H,1-2H3,(H2,19,23,25)(H2,20,24,26)/b21-12+,22-16-. The van der Waals surface area contributed by atoms with Crippen LogP contribution in [0.2, 0.25) is 0 Å². The van der Waals surface area contributed by atoms with Gasteiger partial charge < -0.3 is 10.6 Å². The van der Waals surface area contributed by atoms with E-state index in [1.54, 1.807) is 20.3 Å². The Balaban J connectivity index is 2.23. The van der Waals surface area contributed by atoms with E-state index < -0.39 is 0 Å². The molecule has 0 saturated heterocycles. The Bertz CT molecular complexity index is 800. The van der Waals surface area contributed by atoms with Gasteiger partial charge in [0.2, 0.25) is 0 Å². The Hall–Kier alpha value is -2.84. The summed E-state index contributed by atoms with van der Waals surface area (Å²) in [6.07, 6.45) is 1.58. The third-order valence-electron chi connectivity index (χ3n) is 3.37. The summed E-state index contributed by atoms with van der Waals surface area (Å²) in [6.45, 7) is 0. The molecular weight excluding hydrogens is 364 g/mol. The second kappa shape index (κ2) is 10.2. The maximum absolute atomic E-state index is 5.06. The minimum absolute atomic E-state index is 0.413. The zero-order chi connectivity index (χ0) is 18.8. The van der Waals surface area contributed by atoms with Crippen molar-refractivity contribution in [2.24, 2.45) is 10.2 Å². The number of hydrogen-bond donors (Lipinski definition) is 4. The Labute approximate surface area is 163 Å². The first-order chi connectivity index (χ1) is 12.6. The van der Waals surface area contributed by atoms with Crippen LogP contribution in [0, 0.1) is 0 Å². The molecule has 8 heteroatoms. The molecule has 0 aliphatic carbocycles. The third kappa shape index (κ3) is 5.91. The first kappa shape index (κ1) is 19.5. The van der Waals surface area contributed by atoms with Crippen molar-refractivity contribution in [2.75, 3.05) is 14.1 Å². The summed E-state index contributed by atoms with van der Waals surface area (Å²) < 4.78 is 0. The van der Waals surface area contributed by atoms with Crippen LogP contribution in [0.4, 0.5) is 0 Å². The zero-order valence-electron chi connectivity index (χ0n) is 14.5. The molecule has 0 fully saturated rings. The molecule has 0 bridgehead atoms. The maximum atomic E-state index is 5.06. The van der Waals surface area contributed by atoms with Crippen LogP contribution in [0.3, 0.4) is 0 Å². The van der Waals surface area contributed by atoms with Gasteiger partial charge in [0.1, 0.15) is 5.71 Å².